The minimum absolute atomic E-state index is 0.115. The molecule has 0 bridgehead atoms. The summed E-state index contributed by atoms with van der Waals surface area (Å²) in [5, 5.41) is 1.90. The molecule has 1 aromatic carbocycles. The van der Waals surface area contributed by atoms with Crippen LogP contribution in [0.25, 0.3) is 4.96 Å². The Bertz CT molecular complexity index is 840. The number of benzene rings is 1. The van der Waals surface area contributed by atoms with Crippen molar-refractivity contribution in [1.29, 1.82) is 0 Å². The van der Waals surface area contributed by atoms with Crippen LogP contribution in [0.2, 0.25) is 0 Å². The van der Waals surface area contributed by atoms with E-state index in [0.29, 0.717) is 11.3 Å². The van der Waals surface area contributed by atoms with Gasteiger partial charge in [-0.3, -0.25) is 9.20 Å². The Morgan fingerprint density at radius 1 is 1.38 bits per heavy atom. The molecule has 3 aromatic rings. The lowest BCUT2D eigenvalue weighted by atomic mass is 10.1. The van der Waals surface area contributed by atoms with E-state index in [2.05, 4.69) is 4.98 Å². The van der Waals surface area contributed by atoms with Crippen molar-refractivity contribution in [2.45, 2.75) is 19.1 Å². The Morgan fingerprint density at radius 3 is 2.88 bits per heavy atom. The fourth-order valence-corrected chi connectivity index (χ4v) is 3.08. The van der Waals surface area contributed by atoms with E-state index in [-0.39, 0.29) is 18.9 Å². The zero-order valence-corrected chi connectivity index (χ0v) is 13.6. The van der Waals surface area contributed by atoms with Gasteiger partial charge in [-0.1, -0.05) is 12.1 Å². The van der Waals surface area contributed by atoms with Crippen LogP contribution in [0.1, 0.15) is 16.8 Å². The average molecular weight is 353 g/mol. The van der Waals surface area contributed by atoms with E-state index in [4.69, 9.17) is 0 Å². The van der Waals surface area contributed by atoms with Crippen molar-refractivity contribution in [3.8, 4) is 0 Å². The van der Waals surface area contributed by atoms with Crippen molar-refractivity contribution < 1.29 is 18.0 Å². The summed E-state index contributed by atoms with van der Waals surface area (Å²) >= 11 is 1.47. The monoisotopic (exact) mass is 353 g/mol. The van der Waals surface area contributed by atoms with E-state index in [1.165, 1.54) is 22.3 Å². The molecular weight excluding hydrogens is 339 g/mol. The fourth-order valence-electron chi connectivity index (χ4n) is 2.36. The molecule has 0 atom stereocenters. The summed E-state index contributed by atoms with van der Waals surface area (Å²) in [7, 11) is 1.57. The van der Waals surface area contributed by atoms with Gasteiger partial charge in [0.15, 0.2) is 4.96 Å². The summed E-state index contributed by atoms with van der Waals surface area (Å²) in [5.74, 6) is -0.196. The predicted molar refractivity (Wildman–Crippen MR) is 84.7 cm³/mol. The molecule has 126 valence electrons. The van der Waals surface area contributed by atoms with Gasteiger partial charge in [0.2, 0.25) is 5.91 Å². The first-order valence-electron chi connectivity index (χ1n) is 7.14. The van der Waals surface area contributed by atoms with Crippen molar-refractivity contribution in [3.05, 3.63) is 58.9 Å². The van der Waals surface area contributed by atoms with Gasteiger partial charge in [0.25, 0.3) is 0 Å². The van der Waals surface area contributed by atoms with Crippen molar-refractivity contribution in [3.63, 3.8) is 0 Å². The number of hydrogen-bond donors (Lipinski definition) is 0. The summed E-state index contributed by atoms with van der Waals surface area (Å²) in [6.07, 6.45) is -0.639. The molecule has 2 heterocycles. The fraction of sp³-hybridized carbons (Fsp3) is 0.250. The van der Waals surface area contributed by atoms with Gasteiger partial charge in [0.05, 0.1) is 17.7 Å². The second kappa shape index (κ2) is 6.27. The third-order valence-electron chi connectivity index (χ3n) is 3.58. The van der Waals surface area contributed by atoms with E-state index in [1.807, 2.05) is 16.0 Å². The third-order valence-corrected chi connectivity index (χ3v) is 4.35. The summed E-state index contributed by atoms with van der Waals surface area (Å²) in [5.41, 5.74) is 0.365. The second-order valence-electron chi connectivity index (χ2n) is 5.45. The number of aromatic nitrogens is 2. The molecule has 4 nitrogen and oxygen atoms in total. The SMILES string of the molecule is CN(Cc1cccc(C(F)(F)F)c1)C(=O)Cc1cn2ccsc2n1. The number of amides is 1. The first-order chi connectivity index (χ1) is 11.3. The quantitative estimate of drug-likeness (QED) is 0.719. The zero-order chi connectivity index (χ0) is 17.3. The molecular formula is C16H14F3N3OS. The van der Waals surface area contributed by atoms with Gasteiger partial charge >= 0.3 is 6.18 Å². The van der Waals surface area contributed by atoms with Crippen LogP contribution >= 0.6 is 11.3 Å². The molecule has 3 rings (SSSR count). The van der Waals surface area contributed by atoms with Crippen molar-refractivity contribution >= 4 is 22.2 Å². The van der Waals surface area contributed by atoms with Crippen LogP contribution in [0.15, 0.2) is 42.0 Å². The Balaban J connectivity index is 1.66. The standard InChI is InChI=1S/C16H14F3N3OS/c1-21(9-11-3-2-4-12(7-11)16(17,18)19)14(23)8-13-10-22-5-6-24-15(22)20-13/h2-7,10H,8-9H2,1H3. The van der Waals surface area contributed by atoms with Gasteiger partial charge in [-0.05, 0) is 17.7 Å². The number of halogens is 3. The number of likely N-dealkylation sites (N-methyl/N-ethyl adjacent to an activating group) is 1. The van der Waals surface area contributed by atoms with Crippen LogP contribution in [0.3, 0.4) is 0 Å². The van der Waals surface area contributed by atoms with Crippen molar-refractivity contribution in [2.75, 3.05) is 7.05 Å². The molecule has 0 N–H and O–H groups in total. The number of hydrogen-bond acceptors (Lipinski definition) is 3. The van der Waals surface area contributed by atoms with Crippen LogP contribution in [-0.4, -0.2) is 27.2 Å². The highest BCUT2D eigenvalue weighted by Crippen LogP contribution is 2.29. The molecule has 0 radical (unpaired) electrons. The largest absolute Gasteiger partial charge is 0.416 e. The molecule has 0 saturated carbocycles. The molecule has 0 saturated heterocycles. The number of thiazole rings is 1. The Hall–Kier alpha value is -2.35. The second-order valence-corrected chi connectivity index (χ2v) is 6.32. The molecule has 8 heteroatoms. The van der Waals surface area contributed by atoms with Crippen LogP contribution in [0.5, 0.6) is 0 Å². The summed E-state index contributed by atoms with van der Waals surface area (Å²) in [6.45, 7) is 0.116. The van der Waals surface area contributed by atoms with Crippen molar-refractivity contribution in [1.82, 2.24) is 14.3 Å². The molecule has 0 spiro atoms. The molecule has 0 fully saturated rings. The Kier molecular flexibility index (Phi) is 4.31. The van der Waals surface area contributed by atoms with Gasteiger partial charge < -0.3 is 4.90 Å². The van der Waals surface area contributed by atoms with Gasteiger partial charge in [-0.15, -0.1) is 11.3 Å². The Labute approximate surface area is 140 Å². The van der Waals surface area contributed by atoms with E-state index < -0.39 is 11.7 Å². The number of nitrogens with zero attached hydrogens (tertiary/aromatic N) is 3. The number of carbonyl (C=O) groups is 1. The molecule has 0 unspecified atom stereocenters. The predicted octanol–water partition coefficient (Wildman–Crippen LogP) is 3.62. The maximum Gasteiger partial charge on any atom is 0.416 e. The summed E-state index contributed by atoms with van der Waals surface area (Å²) in [4.78, 5) is 18.8. The number of carbonyl (C=O) groups excluding carboxylic acids is 1. The number of alkyl halides is 3. The molecule has 1 amide bonds. The minimum atomic E-state index is -4.39. The van der Waals surface area contributed by atoms with Gasteiger partial charge in [0, 0.05) is 31.4 Å². The molecule has 24 heavy (non-hydrogen) atoms. The number of rotatable bonds is 4. The third kappa shape index (κ3) is 3.59. The van der Waals surface area contributed by atoms with Crippen molar-refractivity contribution in [2.24, 2.45) is 0 Å². The normalized spacial score (nSPS) is 11.8. The number of fused-ring (bicyclic) bond motifs is 1. The van der Waals surface area contributed by atoms with Gasteiger partial charge in [-0.25, -0.2) is 4.98 Å². The number of imidazole rings is 1. The smallest absolute Gasteiger partial charge is 0.341 e. The van der Waals surface area contributed by atoms with E-state index >= 15 is 0 Å². The lowest BCUT2D eigenvalue weighted by molar-refractivity contribution is -0.137. The highest BCUT2D eigenvalue weighted by molar-refractivity contribution is 7.15. The van der Waals surface area contributed by atoms with Crippen LogP contribution < -0.4 is 0 Å². The molecule has 2 aromatic heterocycles. The summed E-state index contributed by atoms with van der Waals surface area (Å²) in [6, 6.07) is 5.01. The van der Waals surface area contributed by atoms with Crippen LogP contribution in [0.4, 0.5) is 13.2 Å². The highest BCUT2D eigenvalue weighted by atomic mass is 32.1. The van der Waals surface area contributed by atoms with Crippen LogP contribution in [-0.2, 0) is 23.9 Å². The maximum atomic E-state index is 12.7. The Morgan fingerprint density at radius 2 is 2.17 bits per heavy atom. The highest BCUT2D eigenvalue weighted by Gasteiger charge is 2.30. The van der Waals surface area contributed by atoms with E-state index in [1.54, 1.807) is 19.3 Å². The van der Waals surface area contributed by atoms with E-state index in [0.717, 1.165) is 17.1 Å². The zero-order valence-electron chi connectivity index (χ0n) is 12.7. The first kappa shape index (κ1) is 16.5. The molecule has 0 aliphatic heterocycles. The lowest BCUT2D eigenvalue weighted by Gasteiger charge is -2.17. The maximum absolute atomic E-state index is 12.7. The lowest BCUT2D eigenvalue weighted by Crippen LogP contribution is -2.28. The summed E-state index contributed by atoms with van der Waals surface area (Å²) < 4.78 is 40.0. The minimum Gasteiger partial charge on any atom is -0.341 e. The first-order valence-corrected chi connectivity index (χ1v) is 8.02. The molecule has 0 aliphatic carbocycles. The molecule has 0 aliphatic rings. The van der Waals surface area contributed by atoms with Gasteiger partial charge in [0.1, 0.15) is 0 Å². The van der Waals surface area contributed by atoms with E-state index in [9.17, 15) is 18.0 Å². The van der Waals surface area contributed by atoms with Gasteiger partial charge in [-0.2, -0.15) is 13.2 Å². The topological polar surface area (TPSA) is 37.6 Å². The average Bonchev–Trinajstić information content (AvgIpc) is 3.07. The van der Waals surface area contributed by atoms with Crippen LogP contribution in [0, 0.1) is 0 Å².